The molecule has 0 bridgehead atoms. The first-order chi connectivity index (χ1) is 14.3. The summed E-state index contributed by atoms with van der Waals surface area (Å²) in [6.45, 7) is 0. The van der Waals surface area contributed by atoms with Gasteiger partial charge in [0.2, 0.25) is 10.0 Å². The van der Waals surface area contributed by atoms with Gasteiger partial charge in [0, 0.05) is 5.69 Å². The van der Waals surface area contributed by atoms with Crippen molar-refractivity contribution < 1.29 is 34.8 Å². The van der Waals surface area contributed by atoms with E-state index in [1.165, 1.54) is 30.3 Å². The molecule has 31 heavy (non-hydrogen) atoms. The number of alkyl halides is 3. The Kier molecular flexibility index (Phi) is 7.10. The van der Waals surface area contributed by atoms with Gasteiger partial charge in [0.1, 0.15) is 10.7 Å². The van der Waals surface area contributed by atoms with Gasteiger partial charge in [0.15, 0.2) is 5.54 Å². The Morgan fingerprint density at radius 3 is 2.23 bits per heavy atom. The van der Waals surface area contributed by atoms with Crippen molar-refractivity contribution >= 4 is 32.3 Å². The predicted octanol–water partition coefficient (Wildman–Crippen LogP) is 1.57. The van der Waals surface area contributed by atoms with E-state index in [1.54, 1.807) is 6.07 Å². The van der Waals surface area contributed by atoms with Crippen LogP contribution in [0.15, 0.2) is 48.5 Å². The number of carbonyl (C=O) groups excluding carboxylic acids is 1. The molecule has 0 saturated heterocycles. The summed E-state index contributed by atoms with van der Waals surface area (Å²) in [5, 5.41) is 11.0. The van der Waals surface area contributed by atoms with Crippen LogP contribution >= 0.6 is 0 Å². The number of sulfonamides is 1. The minimum absolute atomic E-state index is 0.0400. The zero-order valence-electron chi connectivity index (χ0n) is 15.8. The van der Waals surface area contributed by atoms with E-state index >= 15 is 0 Å². The molecule has 0 spiro atoms. The highest BCUT2D eigenvalue weighted by Gasteiger charge is 2.44. The Balaban J connectivity index is 2.62. The molecule has 0 radical (unpaired) electrons. The van der Waals surface area contributed by atoms with Crippen LogP contribution in [0.2, 0.25) is 0 Å². The molecule has 0 heterocycles. The second kappa shape index (κ2) is 9.04. The summed E-state index contributed by atoms with van der Waals surface area (Å²) in [6.07, 6.45) is -4.19. The first kappa shape index (κ1) is 24.3. The van der Waals surface area contributed by atoms with Crippen molar-refractivity contribution in [1.82, 2.24) is 4.72 Å². The molecule has 0 aromatic heterocycles. The molecule has 2 rings (SSSR count). The molecular weight excluding hydrogens is 459 g/mol. The average Bonchev–Trinajstić information content (AvgIpc) is 2.65. The normalized spacial score (nSPS) is 13.9. The van der Waals surface area contributed by atoms with Crippen LogP contribution in [-0.4, -0.2) is 34.8 Å². The molecule has 166 valence electrons. The molecule has 0 aliphatic carbocycles. The predicted molar refractivity (Wildman–Crippen MR) is 106 cm³/mol. The fourth-order valence-corrected chi connectivity index (χ4v) is 4.67. The maximum Gasteiger partial charge on any atom is 0.417 e. The lowest BCUT2D eigenvalue weighted by molar-refractivity contribution is -0.137. The van der Waals surface area contributed by atoms with Crippen molar-refractivity contribution in [2.24, 2.45) is 0 Å². The number of nitriles is 1. The van der Waals surface area contributed by atoms with Crippen LogP contribution in [0.5, 0.6) is 0 Å². The number of anilines is 1. The molecule has 1 amide bonds. The lowest BCUT2D eigenvalue weighted by atomic mass is 9.91. The lowest BCUT2D eigenvalue weighted by Crippen LogP contribution is -2.56. The van der Waals surface area contributed by atoms with E-state index in [4.69, 9.17) is 5.26 Å². The van der Waals surface area contributed by atoms with Gasteiger partial charge in [-0.3, -0.25) is 4.79 Å². The number of halogens is 3. The Labute approximate surface area is 177 Å². The van der Waals surface area contributed by atoms with Gasteiger partial charge in [-0.1, -0.05) is 30.3 Å². The minimum Gasteiger partial charge on any atom is -0.324 e. The van der Waals surface area contributed by atoms with E-state index < -0.39 is 60.9 Å². The average molecular weight is 475 g/mol. The Morgan fingerprint density at radius 1 is 1.13 bits per heavy atom. The number of amides is 1. The van der Waals surface area contributed by atoms with Gasteiger partial charge in [-0.05, 0) is 23.8 Å². The second-order valence-corrected chi connectivity index (χ2v) is 9.19. The molecule has 0 aliphatic rings. The maximum absolute atomic E-state index is 13.2. The van der Waals surface area contributed by atoms with Gasteiger partial charge < -0.3 is 5.32 Å². The Bertz CT molecular complexity index is 1200. The molecule has 0 unspecified atom stereocenters. The first-order valence-electron chi connectivity index (χ1n) is 8.37. The molecule has 2 aromatic carbocycles. The van der Waals surface area contributed by atoms with Crippen LogP contribution in [0, 0.1) is 11.3 Å². The van der Waals surface area contributed by atoms with Crippen molar-refractivity contribution in [3.05, 3.63) is 65.2 Å². The highest BCUT2D eigenvalue weighted by molar-refractivity contribution is 7.88. The van der Waals surface area contributed by atoms with E-state index in [2.05, 4.69) is 5.32 Å². The molecule has 8 nitrogen and oxygen atoms in total. The van der Waals surface area contributed by atoms with Gasteiger partial charge in [-0.2, -0.15) is 23.2 Å². The number of rotatable bonds is 7. The summed E-state index contributed by atoms with van der Waals surface area (Å²) in [5.41, 5.74) is -4.80. The van der Waals surface area contributed by atoms with Gasteiger partial charge in [-0.15, -0.1) is 0 Å². The quantitative estimate of drug-likeness (QED) is 0.521. The number of benzene rings is 2. The van der Waals surface area contributed by atoms with Crippen molar-refractivity contribution in [3.8, 4) is 6.07 Å². The number of nitrogens with zero attached hydrogens (tertiary/aromatic N) is 1. The zero-order chi connectivity index (χ0) is 23.4. The van der Waals surface area contributed by atoms with E-state index in [1.807, 2.05) is 4.72 Å². The highest BCUT2D eigenvalue weighted by Crippen LogP contribution is 2.34. The zero-order valence-corrected chi connectivity index (χ0v) is 17.5. The molecule has 13 heteroatoms. The second-order valence-electron chi connectivity index (χ2n) is 6.46. The number of nitrogens with one attached hydrogen (secondary N) is 2. The Hall–Kier alpha value is -2.95. The van der Waals surface area contributed by atoms with Crippen molar-refractivity contribution in [2.45, 2.75) is 11.7 Å². The third kappa shape index (κ3) is 6.03. The van der Waals surface area contributed by atoms with Crippen molar-refractivity contribution in [3.63, 3.8) is 0 Å². The summed E-state index contributed by atoms with van der Waals surface area (Å²) in [5.74, 6) is -2.21. The van der Waals surface area contributed by atoms with Crippen molar-refractivity contribution in [1.29, 1.82) is 5.26 Å². The van der Waals surface area contributed by atoms with E-state index in [0.29, 0.717) is 12.3 Å². The molecule has 2 N–H and O–H groups in total. The van der Waals surface area contributed by atoms with Gasteiger partial charge in [0.25, 0.3) is 5.91 Å². The molecule has 0 fully saturated rings. The summed E-state index contributed by atoms with van der Waals surface area (Å²) in [7, 11) is -7.47. The van der Waals surface area contributed by atoms with Crippen LogP contribution in [0.4, 0.5) is 18.9 Å². The summed E-state index contributed by atoms with van der Waals surface area (Å²) in [6, 6.07) is 10.8. The molecule has 1 atom stereocenters. The largest absolute Gasteiger partial charge is 0.417 e. The third-order valence-electron chi connectivity index (χ3n) is 4.08. The topological polar surface area (TPSA) is 133 Å². The number of hydrogen-bond donors (Lipinski definition) is 3. The Morgan fingerprint density at radius 2 is 1.74 bits per heavy atom. The molecule has 2 aromatic rings. The lowest BCUT2D eigenvalue weighted by Gasteiger charge is -2.31. The van der Waals surface area contributed by atoms with E-state index in [-0.39, 0.29) is 5.56 Å². The number of carbonyl (C=O) groups is 1. The van der Waals surface area contributed by atoms with Gasteiger partial charge in [-0.25, -0.2) is 16.8 Å². The maximum atomic E-state index is 13.2. The highest BCUT2D eigenvalue weighted by atomic mass is 32.2. The first-order valence-corrected chi connectivity index (χ1v) is 11.6. The van der Waals surface area contributed by atoms with Crippen LogP contribution in [0.1, 0.15) is 16.7 Å². The summed E-state index contributed by atoms with van der Waals surface area (Å²) in [4.78, 5) is 13.1. The van der Waals surface area contributed by atoms with Gasteiger partial charge >= 0.3 is 6.18 Å². The molecule has 0 saturated carbocycles. The van der Waals surface area contributed by atoms with Crippen LogP contribution < -0.4 is 10.0 Å². The summed E-state index contributed by atoms with van der Waals surface area (Å²) >= 11 is 0. The standard InChI is InChI=1S/C18H16F3N3O5S2/c1-31(28,29)24-17(11-30(26)27,13-5-3-2-4-6-13)16(25)23-14-8-7-12(10-22)15(9-14)18(19,20)21/h2-9,24,30H,11H2,1H3,(H,23,25)/t17-/m1/s1. The summed E-state index contributed by atoms with van der Waals surface area (Å²) < 4.78 is 88.6. The molecule has 0 aliphatic heterocycles. The van der Waals surface area contributed by atoms with E-state index in [9.17, 15) is 34.8 Å². The minimum atomic E-state index is -4.90. The van der Waals surface area contributed by atoms with Crippen LogP contribution in [0.3, 0.4) is 0 Å². The van der Waals surface area contributed by atoms with Gasteiger partial charge in [0.05, 0.1) is 29.2 Å². The van der Waals surface area contributed by atoms with E-state index in [0.717, 1.165) is 12.1 Å². The fourth-order valence-electron chi connectivity index (χ4n) is 2.86. The van der Waals surface area contributed by atoms with Crippen LogP contribution in [-0.2, 0) is 37.2 Å². The number of hydrogen-bond acceptors (Lipinski definition) is 6. The molecular formula is C18H16F3N3O5S2. The third-order valence-corrected chi connectivity index (χ3v) is 5.54. The smallest absolute Gasteiger partial charge is 0.324 e. The monoisotopic (exact) mass is 475 g/mol. The number of thiol groups is 1. The fraction of sp³-hybridized carbons (Fsp3) is 0.222. The SMILES string of the molecule is CS(=O)(=O)N[C@@](C[SH](=O)=O)(C(=O)Nc1ccc(C#N)c(C(F)(F)F)c1)c1ccccc1. The van der Waals surface area contributed by atoms with Crippen molar-refractivity contribution in [2.75, 3.05) is 17.3 Å². The van der Waals surface area contributed by atoms with Crippen LogP contribution in [0.25, 0.3) is 0 Å².